The summed E-state index contributed by atoms with van der Waals surface area (Å²) in [6, 6.07) is 5.03. The normalized spacial score (nSPS) is 13.8. The van der Waals surface area contributed by atoms with Gasteiger partial charge in [0.1, 0.15) is 5.00 Å². The van der Waals surface area contributed by atoms with Crippen LogP contribution in [0.4, 0.5) is 5.00 Å². The number of benzene rings is 1. The van der Waals surface area contributed by atoms with Gasteiger partial charge >= 0.3 is 11.9 Å². The molecule has 1 heterocycles. The SMILES string of the molecule is CCC(C)NS(=O)(=O)c1ccc(C(=O)OCC(=O)Nc2sc3c(c2C(=O)OC)CCC3)cc1. The number of amides is 1. The number of carbonyl (C=O) groups is 3. The molecule has 3 rings (SSSR count). The Kier molecular flexibility index (Phi) is 7.88. The predicted molar refractivity (Wildman–Crippen MR) is 123 cm³/mol. The van der Waals surface area contributed by atoms with Crippen molar-refractivity contribution >= 4 is 44.2 Å². The van der Waals surface area contributed by atoms with Crippen molar-refractivity contribution in [2.45, 2.75) is 50.5 Å². The Morgan fingerprint density at radius 3 is 2.45 bits per heavy atom. The van der Waals surface area contributed by atoms with E-state index in [1.54, 1.807) is 6.92 Å². The molecule has 0 aliphatic heterocycles. The van der Waals surface area contributed by atoms with Crippen molar-refractivity contribution < 1.29 is 32.3 Å². The fourth-order valence-corrected chi connectivity index (χ4v) is 5.99. The summed E-state index contributed by atoms with van der Waals surface area (Å²) in [5.74, 6) is -1.88. The number of fused-ring (bicyclic) bond motifs is 1. The number of methoxy groups -OCH3 is 1. The molecule has 1 amide bonds. The highest BCUT2D eigenvalue weighted by atomic mass is 32.2. The molecule has 33 heavy (non-hydrogen) atoms. The number of nitrogens with one attached hydrogen (secondary N) is 2. The van der Waals surface area contributed by atoms with Crippen molar-refractivity contribution in [1.29, 1.82) is 0 Å². The van der Waals surface area contributed by atoms with E-state index in [0.29, 0.717) is 17.0 Å². The molecule has 9 nitrogen and oxygen atoms in total. The molecule has 11 heteroatoms. The average Bonchev–Trinajstić information content (AvgIpc) is 3.37. The van der Waals surface area contributed by atoms with E-state index in [2.05, 4.69) is 10.0 Å². The highest BCUT2D eigenvalue weighted by Crippen LogP contribution is 2.39. The number of hydrogen-bond acceptors (Lipinski definition) is 8. The van der Waals surface area contributed by atoms with Gasteiger partial charge in [0.2, 0.25) is 10.0 Å². The zero-order valence-electron chi connectivity index (χ0n) is 18.6. The molecule has 0 fully saturated rings. The summed E-state index contributed by atoms with van der Waals surface area (Å²) >= 11 is 1.32. The van der Waals surface area contributed by atoms with Crippen LogP contribution in [0.25, 0.3) is 0 Å². The smallest absolute Gasteiger partial charge is 0.341 e. The standard InChI is InChI=1S/C22H26N2O7S2/c1-4-13(2)24-33(28,29)15-10-8-14(9-11-15)21(26)31-12-18(25)23-20-19(22(27)30-3)16-6-5-7-17(16)32-20/h8-11,13,24H,4-7,12H2,1-3H3,(H,23,25). The van der Waals surface area contributed by atoms with Crippen LogP contribution in [-0.4, -0.2) is 46.0 Å². The van der Waals surface area contributed by atoms with Gasteiger partial charge in [-0.3, -0.25) is 4.79 Å². The van der Waals surface area contributed by atoms with Gasteiger partial charge in [-0.15, -0.1) is 11.3 Å². The molecule has 1 aromatic heterocycles. The van der Waals surface area contributed by atoms with Crippen molar-refractivity contribution in [3.63, 3.8) is 0 Å². The second kappa shape index (κ2) is 10.4. The minimum atomic E-state index is -3.69. The van der Waals surface area contributed by atoms with Crippen LogP contribution in [0, 0.1) is 0 Å². The van der Waals surface area contributed by atoms with E-state index in [1.165, 1.54) is 42.7 Å². The fourth-order valence-electron chi connectivity index (χ4n) is 3.37. The molecule has 0 radical (unpaired) electrons. The van der Waals surface area contributed by atoms with Gasteiger partial charge in [0.15, 0.2) is 6.61 Å². The van der Waals surface area contributed by atoms with Crippen LogP contribution < -0.4 is 10.0 Å². The van der Waals surface area contributed by atoms with Gasteiger partial charge in [0.25, 0.3) is 5.91 Å². The highest BCUT2D eigenvalue weighted by molar-refractivity contribution is 7.89. The zero-order valence-corrected chi connectivity index (χ0v) is 20.2. The van der Waals surface area contributed by atoms with Gasteiger partial charge in [-0.05, 0) is 62.4 Å². The van der Waals surface area contributed by atoms with Gasteiger partial charge < -0.3 is 14.8 Å². The number of ether oxygens (including phenoxy) is 2. The van der Waals surface area contributed by atoms with Crippen LogP contribution in [0.5, 0.6) is 0 Å². The first-order chi connectivity index (χ1) is 15.7. The minimum absolute atomic E-state index is 0.0261. The van der Waals surface area contributed by atoms with Crippen molar-refractivity contribution in [1.82, 2.24) is 4.72 Å². The van der Waals surface area contributed by atoms with Crippen LogP contribution in [0.1, 0.15) is 57.8 Å². The lowest BCUT2D eigenvalue weighted by molar-refractivity contribution is -0.119. The Labute approximate surface area is 196 Å². The first-order valence-electron chi connectivity index (χ1n) is 10.5. The highest BCUT2D eigenvalue weighted by Gasteiger charge is 2.28. The maximum absolute atomic E-state index is 12.3. The average molecular weight is 495 g/mol. The van der Waals surface area contributed by atoms with Gasteiger partial charge in [-0.25, -0.2) is 22.7 Å². The number of sulfonamides is 1. The molecular weight excluding hydrogens is 468 g/mol. The summed E-state index contributed by atoms with van der Waals surface area (Å²) in [6.07, 6.45) is 3.18. The van der Waals surface area contributed by atoms with E-state index < -0.39 is 34.5 Å². The number of rotatable bonds is 9. The van der Waals surface area contributed by atoms with E-state index in [9.17, 15) is 22.8 Å². The number of carbonyl (C=O) groups excluding carboxylic acids is 3. The summed E-state index contributed by atoms with van der Waals surface area (Å²) < 4.78 is 37.0. The largest absolute Gasteiger partial charge is 0.465 e. The molecule has 0 saturated heterocycles. The van der Waals surface area contributed by atoms with E-state index in [-0.39, 0.29) is 16.5 Å². The summed E-state index contributed by atoms with van der Waals surface area (Å²) in [5.41, 5.74) is 1.37. The van der Waals surface area contributed by atoms with Crippen molar-refractivity contribution in [3.05, 3.63) is 45.8 Å². The van der Waals surface area contributed by atoms with Crippen molar-refractivity contribution in [2.75, 3.05) is 19.0 Å². The molecule has 1 aliphatic rings. The Hall–Kier alpha value is -2.76. The third-order valence-corrected chi connectivity index (χ3v) is 8.08. The maximum atomic E-state index is 12.3. The van der Waals surface area contributed by atoms with Gasteiger partial charge in [0, 0.05) is 10.9 Å². The second-order valence-corrected chi connectivity index (χ2v) is 10.5. The number of esters is 2. The Balaban J connectivity index is 1.60. The molecular formula is C22H26N2O7S2. The molecule has 1 unspecified atom stereocenters. The maximum Gasteiger partial charge on any atom is 0.341 e. The fraction of sp³-hybridized carbons (Fsp3) is 0.409. The van der Waals surface area contributed by atoms with Crippen molar-refractivity contribution in [3.8, 4) is 0 Å². The third kappa shape index (κ3) is 5.79. The topological polar surface area (TPSA) is 128 Å². The molecule has 2 N–H and O–H groups in total. The zero-order chi connectivity index (χ0) is 24.2. The van der Waals surface area contributed by atoms with E-state index >= 15 is 0 Å². The monoisotopic (exact) mass is 494 g/mol. The van der Waals surface area contributed by atoms with Gasteiger partial charge in [-0.1, -0.05) is 6.92 Å². The Morgan fingerprint density at radius 2 is 1.82 bits per heavy atom. The molecule has 1 aliphatic carbocycles. The minimum Gasteiger partial charge on any atom is -0.465 e. The number of anilines is 1. The summed E-state index contributed by atoms with van der Waals surface area (Å²) in [7, 11) is -2.41. The van der Waals surface area contributed by atoms with Gasteiger partial charge in [-0.2, -0.15) is 0 Å². The van der Waals surface area contributed by atoms with E-state index in [4.69, 9.17) is 9.47 Å². The molecule has 0 spiro atoms. The van der Waals surface area contributed by atoms with Crippen molar-refractivity contribution in [2.24, 2.45) is 0 Å². The number of thiophene rings is 1. The molecule has 1 aromatic carbocycles. The molecule has 178 valence electrons. The molecule has 0 bridgehead atoms. The van der Waals surface area contributed by atoms with Crippen LogP contribution in [0.15, 0.2) is 29.2 Å². The van der Waals surface area contributed by atoms with Gasteiger partial charge in [0.05, 0.1) is 23.1 Å². The van der Waals surface area contributed by atoms with Crippen LogP contribution in [0.3, 0.4) is 0 Å². The lowest BCUT2D eigenvalue weighted by atomic mass is 10.1. The molecule has 1 atom stereocenters. The van der Waals surface area contributed by atoms with Crippen LogP contribution in [0.2, 0.25) is 0 Å². The Bertz CT molecular complexity index is 1150. The number of hydrogen-bond donors (Lipinski definition) is 2. The number of aryl methyl sites for hydroxylation is 1. The quantitative estimate of drug-likeness (QED) is 0.513. The summed E-state index contributed by atoms with van der Waals surface area (Å²) in [5, 5.41) is 3.01. The summed E-state index contributed by atoms with van der Waals surface area (Å²) in [6.45, 7) is 3.06. The van der Waals surface area contributed by atoms with E-state index in [1.807, 2.05) is 6.92 Å². The lowest BCUT2D eigenvalue weighted by Crippen LogP contribution is -2.32. The molecule has 0 saturated carbocycles. The first kappa shape index (κ1) is 24.9. The molecule has 2 aromatic rings. The third-order valence-electron chi connectivity index (χ3n) is 5.27. The lowest BCUT2D eigenvalue weighted by Gasteiger charge is -2.12. The first-order valence-corrected chi connectivity index (χ1v) is 12.8. The Morgan fingerprint density at radius 1 is 1.12 bits per heavy atom. The van der Waals surface area contributed by atoms with Crippen LogP contribution in [-0.2, 0) is 37.1 Å². The second-order valence-electron chi connectivity index (χ2n) is 7.63. The summed E-state index contributed by atoms with van der Waals surface area (Å²) in [4.78, 5) is 37.8. The van der Waals surface area contributed by atoms with E-state index in [0.717, 1.165) is 29.7 Å². The van der Waals surface area contributed by atoms with Crippen LogP contribution >= 0.6 is 11.3 Å². The predicted octanol–water partition coefficient (Wildman–Crippen LogP) is 2.90.